The number of carbonyl (C=O) groups is 2. The lowest BCUT2D eigenvalue weighted by molar-refractivity contribution is -0.118. The summed E-state index contributed by atoms with van der Waals surface area (Å²) >= 11 is 0. The number of rotatable bonds is 6. The molecule has 0 aliphatic carbocycles. The summed E-state index contributed by atoms with van der Waals surface area (Å²) in [5.74, 6) is -0.0188. The van der Waals surface area contributed by atoms with Gasteiger partial charge in [-0.25, -0.2) is 0 Å². The standard InChI is InChI=1S/C8H16N2O2/c1-6(12)8(10)4-2-3-7(9)5-11/h5,7-8H,2-4,9-10H2,1H3/t7-,8?/m0/s1. The van der Waals surface area contributed by atoms with Crippen LogP contribution in [0.1, 0.15) is 26.2 Å². The van der Waals surface area contributed by atoms with E-state index >= 15 is 0 Å². The van der Waals surface area contributed by atoms with E-state index in [2.05, 4.69) is 0 Å². The van der Waals surface area contributed by atoms with Gasteiger partial charge in [-0.1, -0.05) is 0 Å². The SMILES string of the molecule is CC(=O)C(N)CCC[C@H](N)C=O. The van der Waals surface area contributed by atoms with Gasteiger partial charge in [-0.15, -0.1) is 0 Å². The predicted molar refractivity (Wildman–Crippen MR) is 46.5 cm³/mol. The zero-order chi connectivity index (χ0) is 9.56. The van der Waals surface area contributed by atoms with E-state index in [-0.39, 0.29) is 5.78 Å². The van der Waals surface area contributed by atoms with Gasteiger partial charge in [0.15, 0.2) is 0 Å². The second-order valence-corrected chi connectivity index (χ2v) is 2.95. The topological polar surface area (TPSA) is 86.2 Å². The van der Waals surface area contributed by atoms with Gasteiger partial charge in [0.25, 0.3) is 0 Å². The van der Waals surface area contributed by atoms with Crippen LogP contribution in [0.25, 0.3) is 0 Å². The van der Waals surface area contributed by atoms with Crippen molar-refractivity contribution in [3.8, 4) is 0 Å². The molecule has 2 atom stereocenters. The fourth-order valence-corrected chi connectivity index (χ4v) is 0.845. The largest absolute Gasteiger partial charge is 0.322 e. The Morgan fingerprint density at radius 1 is 1.42 bits per heavy atom. The van der Waals surface area contributed by atoms with Crippen LogP contribution in [0.5, 0.6) is 0 Å². The van der Waals surface area contributed by atoms with Crippen molar-refractivity contribution in [3.63, 3.8) is 0 Å². The Morgan fingerprint density at radius 3 is 2.42 bits per heavy atom. The molecule has 0 bridgehead atoms. The number of ketones is 1. The molecule has 0 saturated heterocycles. The van der Waals surface area contributed by atoms with Crippen molar-refractivity contribution in [2.45, 2.75) is 38.3 Å². The van der Waals surface area contributed by atoms with E-state index in [0.29, 0.717) is 19.1 Å². The van der Waals surface area contributed by atoms with Crippen molar-refractivity contribution in [1.29, 1.82) is 0 Å². The van der Waals surface area contributed by atoms with Crippen LogP contribution in [-0.4, -0.2) is 24.2 Å². The fourth-order valence-electron chi connectivity index (χ4n) is 0.845. The Balaban J connectivity index is 3.43. The normalized spacial score (nSPS) is 15.2. The summed E-state index contributed by atoms with van der Waals surface area (Å²) in [5.41, 5.74) is 10.8. The van der Waals surface area contributed by atoms with Crippen molar-refractivity contribution < 1.29 is 9.59 Å². The van der Waals surface area contributed by atoms with E-state index in [1.165, 1.54) is 6.92 Å². The van der Waals surface area contributed by atoms with Gasteiger partial charge in [-0.3, -0.25) is 4.79 Å². The van der Waals surface area contributed by atoms with Crippen LogP contribution in [0.3, 0.4) is 0 Å². The number of Topliss-reactive ketones (excluding diaryl/α,β-unsaturated/α-hetero) is 1. The maximum Gasteiger partial charge on any atom is 0.146 e. The summed E-state index contributed by atoms with van der Waals surface area (Å²) in [5, 5.41) is 0. The Labute approximate surface area is 72.3 Å². The number of hydrogen-bond donors (Lipinski definition) is 2. The van der Waals surface area contributed by atoms with Gasteiger partial charge in [-0.2, -0.15) is 0 Å². The quantitative estimate of drug-likeness (QED) is 0.534. The molecular formula is C8H16N2O2. The van der Waals surface area contributed by atoms with Crippen LogP contribution in [0, 0.1) is 0 Å². The van der Waals surface area contributed by atoms with Crippen molar-refractivity contribution in [2.75, 3.05) is 0 Å². The molecule has 4 N–H and O–H groups in total. The third kappa shape index (κ3) is 4.98. The molecule has 4 heteroatoms. The second-order valence-electron chi connectivity index (χ2n) is 2.95. The van der Waals surface area contributed by atoms with Gasteiger partial charge in [0.05, 0.1) is 12.1 Å². The molecule has 0 fully saturated rings. The minimum absolute atomic E-state index is 0.0188. The van der Waals surface area contributed by atoms with Crippen LogP contribution in [-0.2, 0) is 9.59 Å². The summed E-state index contributed by atoms with van der Waals surface area (Å²) in [6.45, 7) is 1.46. The molecule has 0 saturated carbocycles. The average molecular weight is 172 g/mol. The van der Waals surface area contributed by atoms with Gasteiger partial charge in [0, 0.05) is 0 Å². The first kappa shape index (κ1) is 11.3. The summed E-state index contributed by atoms with van der Waals surface area (Å²) in [4.78, 5) is 20.8. The van der Waals surface area contributed by atoms with E-state index in [1.54, 1.807) is 0 Å². The van der Waals surface area contributed by atoms with Crippen LogP contribution in [0.15, 0.2) is 0 Å². The van der Waals surface area contributed by atoms with Crippen molar-refractivity contribution in [1.82, 2.24) is 0 Å². The number of nitrogens with two attached hydrogens (primary N) is 2. The Hall–Kier alpha value is -0.740. The molecule has 0 aromatic carbocycles. The Morgan fingerprint density at radius 2 is 2.00 bits per heavy atom. The highest BCUT2D eigenvalue weighted by Crippen LogP contribution is 2.01. The highest BCUT2D eigenvalue weighted by Gasteiger charge is 2.08. The summed E-state index contributed by atoms with van der Waals surface area (Å²) in [6.07, 6.45) is 2.64. The molecular weight excluding hydrogens is 156 g/mol. The number of aldehydes is 1. The third-order valence-electron chi connectivity index (χ3n) is 1.75. The van der Waals surface area contributed by atoms with Crippen LogP contribution < -0.4 is 11.5 Å². The van der Waals surface area contributed by atoms with Crippen LogP contribution in [0.2, 0.25) is 0 Å². The first-order valence-electron chi connectivity index (χ1n) is 4.04. The van der Waals surface area contributed by atoms with E-state index in [0.717, 1.165) is 6.42 Å². The second kappa shape index (κ2) is 5.85. The zero-order valence-corrected chi connectivity index (χ0v) is 7.32. The highest BCUT2D eigenvalue weighted by atomic mass is 16.1. The monoisotopic (exact) mass is 172 g/mol. The van der Waals surface area contributed by atoms with Gasteiger partial charge in [0.2, 0.25) is 0 Å². The Kier molecular flexibility index (Phi) is 5.49. The smallest absolute Gasteiger partial charge is 0.146 e. The third-order valence-corrected chi connectivity index (χ3v) is 1.75. The molecule has 1 unspecified atom stereocenters. The molecule has 0 heterocycles. The van der Waals surface area contributed by atoms with Crippen molar-refractivity contribution in [2.24, 2.45) is 11.5 Å². The minimum Gasteiger partial charge on any atom is -0.322 e. The molecule has 0 aromatic heterocycles. The molecule has 70 valence electrons. The molecule has 4 nitrogen and oxygen atoms in total. The van der Waals surface area contributed by atoms with Gasteiger partial charge >= 0.3 is 0 Å². The first-order valence-corrected chi connectivity index (χ1v) is 4.04. The average Bonchev–Trinajstić information content (AvgIpc) is 2.03. The maximum atomic E-state index is 10.7. The van der Waals surface area contributed by atoms with Crippen molar-refractivity contribution in [3.05, 3.63) is 0 Å². The predicted octanol–water partition coefficient (Wildman–Crippen LogP) is -0.401. The molecule has 0 rings (SSSR count). The molecule has 0 radical (unpaired) electrons. The molecule has 12 heavy (non-hydrogen) atoms. The van der Waals surface area contributed by atoms with Gasteiger partial charge < -0.3 is 16.3 Å². The summed E-state index contributed by atoms with van der Waals surface area (Å²) in [7, 11) is 0. The molecule has 0 aliphatic heterocycles. The summed E-state index contributed by atoms with van der Waals surface area (Å²) in [6, 6.07) is -0.812. The van der Waals surface area contributed by atoms with E-state index in [1.807, 2.05) is 0 Å². The summed E-state index contributed by atoms with van der Waals surface area (Å²) < 4.78 is 0. The zero-order valence-electron chi connectivity index (χ0n) is 7.32. The molecule has 0 aromatic rings. The minimum atomic E-state index is -0.413. The number of hydrogen-bond acceptors (Lipinski definition) is 4. The lowest BCUT2D eigenvalue weighted by Gasteiger charge is -2.07. The van der Waals surface area contributed by atoms with E-state index < -0.39 is 12.1 Å². The maximum absolute atomic E-state index is 10.7. The number of carbonyl (C=O) groups excluding carboxylic acids is 2. The fraction of sp³-hybridized carbons (Fsp3) is 0.750. The van der Waals surface area contributed by atoms with Crippen LogP contribution >= 0.6 is 0 Å². The molecule has 0 aliphatic rings. The van der Waals surface area contributed by atoms with Crippen LogP contribution in [0.4, 0.5) is 0 Å². The van der Waals surface area contributed by atoms with E-state index in [4.69, 9.17) is 11.5 Å². The highest BCUT2D eigenvalue weighted by molar-refractivity contribution is 5.81. The first-order chi connectivity index (χ1) is 5.57. The Bertz CT molecular complexity index is 159. The molecule has 0 spiro atoms. The van der Waals surface area contributed by atoms with Crippen molar-refractivity contribution >= 4 is 12.1 Å². The van der Waals surface area contributed by atoms with Gasteiger partial charge in [-0.05, 0) is 26.2 Å². The molecule has 0 amide bonds. The van der Waals surface area contributed by atoms with E-state index in [9.17, 15) is 9.59 Å². The lowest BCUT2D eigenvalue weighted by atomic mass is 10.0. The van der Waals surface area contributed by atoms with Gasteiger partial charge in [0.1, 0.15) is 12.1 Å². The lowest BCUT2D eigenvalue weighted by Crippen LogP contribution is -2.29.